The van der Waals surface area contributed by atoms with E-state index in [-0.39, 0.29) is 12.4 Å². The number of aliphatic hydroxyl groups is 3. The standard InChI is InChI=1S/C13H20N4O6S/c1-5(18)8(15)12(21)23-4-6-9(19)10(20)11(24-6)17-3-2-7(14)16-13(17)22/h2-3,5-6,8-11,18-20H,4,15H2,1H3,(H2,14,16,22)/t5?,6-,8+,9?,10?,11-/m1/s1. The Morgan fingerprint density at radius 1 is 1.50 bits per heavy atom. The molecule has 0 spiro atoms. The van der Waals surface area contributed by atoms with Crippen molar-refractivity contribution >= 4 is 23.5 Å². The first-order valence-electron chi connectivity index (χ1n) is 7.19. The predicted octanol–water partition coefficient (Wildman–Crippen LogP) is -2.59. The number of nitrogen functional groups attached to an aromatic ring is 1. The van der Waals surface area contributed by atoms with Crippen molar-refractivity contribution in [2.24, 2.45) is 5.73 Å². The number of carbonyl (C=O) groups is 1. The lowest BCUT2D eigenvalue weighted by atomic mass is 10.1. The van der Waals surface area contributed by atoms with Crippen molar-refractivity contribution in [2.45, 2.75) is 41.9 Å². The maximum atomic E-state index is 11.9. The lowest BCUT2D eigenvalue weighted by Gasteiger charge is -2.18. The second-order valence-corrected chi connectivity index (χ2v) is 6.85. The molecule has 1 saturated heterocycles. The molecule has 11 heteroatoms. The molecule has 1 aromatic rings. The van der Waals surface area contributed by atoms with E-state index in [1.807, 2.05) is 0 Å². The summed E-state index contributed by atoms with van der Waals surface area (Å²) >= 11 is 1.06. The Bertz CT molecular complexity index is 654. The minimum atomic E-state index is -1.26. The zero-order valence-electron chi connectivity index (χ0n) is 12.8. The van der Waals surface area contributed by atoms with E-state index in [2.05, 4.69) is 4.98 Å². The van der Waals surface area contributed by atoms with Gasteiger partial charge in [-0.25, -0.2) is 4.79 Å². The predicted molar refractivity (Wildman–Crippen MR) is 86.0 cm³/mol. The van der Waals surface area contributed by atoms with Crippen LogP contribution in [0.2, 0.25) is 0 Å². The van der Waals surface area contributed by atoms with Gasteiger partial charge in [0.05, 0.1) is 17.5 Å². The number of rotatable bonds is 5. The maximum absolute atomic E-state index is 11.9. The number of hydrogen-bond donors (Lipinski definition) is 5. The van der Waals surface area contributed by atoms with Gasteiger partial charge in [-0.1, -0.05) is 0 Å². The molecule has 0 bridgehead atoms. The van der Waals surface area contributed by atoms with Crippen LogP contribution in [0, 0.1) is 0 Å². The number of anilines is 1. The van der Waals surface area contributed by atoms with E-state index in [9.17, 15) is 24.9 Å². The fourth-order valence-corrected chi connectivity index (χ4v) is 3.61. The van der Waals surface area contributed by atoms with Crippen molar-refractivity contribution in [2.75, 3.05) is 12.3 Å². The number of thioether (sulfide) groups is 1. The van der Waals surface area contributed by atoms with Gasteiger partial charge in [-0.3, -0.25) is 9.36 Å². The normalized spacial score (nSPS) is 29.2. The van der Waals surface area contributed by atoms with Gasteiger partial charge in [0.1, 0.15) is 29.9 Å². The van der Waals surface area contributed by atoms with Crippen LogP contribution in [0.15, 0.2) is 17.1 Å². The number of aromatic nitrogens is 2. The van der Waals surface area contributed by atoms with Crippen LogP contribution < -0.4 is 17.2 Å². The van der Waals surface area contributed by atoms with Gasteiger partial charge in [-0.05, 0) is 13.0 Å². The number of carbonyl (C=O) groups excluding carboxylic acids is 1. The number of nitrogens with zero attached hydrogens (tertiary/aromatic N) is 2. The van der Waals surface area contributed by atoms with E-state index in [1.165, 1.54) is 19.2 Å². The third-order valence-corrected chi connectivity index (χ3v) is 5.19. The first-order chi connectivity index (χ1) is 11.2. The van der Waals surface area contributed by atoms with Crippen LogP contribution in [-0.2, 0) is 9.53 Å². The first kappa shape index (κ1) is 18.7. The summed E-state index contributed by atoms with van der Waals surface area (Å²) in [7, 11) is 0. The molecule has 1 fully saturated rings. The van der Waals surface area contributed by atoms with Gasteiger partial charge in [0.15, 0.2) is 0 Å². The average molecular weight is 360 g/mol. The van der Waals surface area contributed by atoms with Crippen LogP contribution in [0.25, 0.3) is 0 Å². The molecule has 2 rings (SSSR count). The lowest BCUT2D eigenvalue weighted by molar-refractivity contribution is -0.148. The smallest absolute Gasteiger partial charge is 0.350 e. The van der Waals surface area contributed by atoms with Gasteiger partial charge in [0, 0.05) is 6.20 Å². The van der Waals surface area contributed by atoms with E-state index in [0.29, 0.717) is 0 Å². The van der Waals surface area contributed by atoms with Crippen LogP contribution in [0.1, 0.15) is 12.3 Å². The summed E-state index contributed by atoms with van der Waals surface area (Å²) in [5, 5.41) is 28.0. The van der Waals surface area contributed by atoms with Crippen LogP contribution in [0.3, 0.4) is 0 Å². The number of aliphatic hydroxyl groups excluding tert-OH is 3. The highest BCUT2D eigenvalue weighted by Gasteiger charge is 2.44. The second-order valence-electron chi connectivity index (χ2n) is 5.48. The maximum Gasteiger partial charge on any atom is 0.350 e. The van der Waals surface area contributed by atoms with Gasteiger partial charge >= 0.3 is 11.7 Å². The Balaban J connectivity index is 2.05. The number of hydrogen-bond acceptors (Lipinski definition) is 10. The van der Waals surface area contributed by atoms with Crippen molar-refractivity contribution in [3.05, 3.63) is 22.7 Å². The molecule has 2 heterocycles. The fraction of sp³-hybridized carbons (Fsp3) is 0.615. The van der Waals surface area contributed by atoms with E-state index < -0.39 is 46.6 Å². The van der Waals surface area contributed by atoms with E-state index in [4.69, 9.17) is 16.2 Å². The van der Waals surface area contributed by atoms with Crippen molar-refractivity contribution < 1.29 is 24.9 Å². The van der Waals surface area contributed by atoms with E-state index in [0.717, 1.165) is 16.3 Å². The Morgan fingerprint density at radius 2 is 2.17 bits per heavy atom. The molecule has 3 unspecified atom stereocenters. The van der Waals surface area contributed by atoms with Crippen LogP contribution in [0.5, 0.6) is 0 Å². The first-order valence-corrected chi connectivity index (χ1v) is 8.13. The van der Waals surface area contributed by atoms with Gasteiger partial charge in [0.2, 0.25) is 0 Å². The minimum Gasteiger partial charge on any atom is -0.463 e. The summed E-state index contributed by atoms with van der Waals surface area (Å²) in [6.07, 6.45) is -2.18. The molecular weight excluding hydrogens is 340 g/mol. The summed E-state index contributed by atoms with van der Waals surface area (Å²) in [4.78, 5) is 27.1. The molecule has 1 aliphatic heterocycles. The average Bonchev–Trinajstić information content (AvgIpc) is 2.80. The highest BCUT2D eigenvalue weighted by atomic mass is 32.2. The van der Waals surface area contributed by atoms with Crippen molar-refractivity contribution in [3.8, 4) is 0 Å². The Kier molecular flexibility index (Phi) is 5.83. The molecule has 24 heavy (non-hydrogen) atoms. The zero-order valence-corrected chi connectivity index (χ0v) is 13.7. The Morgan fingerprint density at radius 3 is 2.75 bits per heavy atom. The molecule has 0 aliphatic carbocycles. The molecule has 10 nitrogen and oxygen atoms in total. The monoisotopic (exact) mass is 360 g/mol. The second kappa shape index (κ2) is 7.49. The molecule has 0 amide bonds. The van der Waals surface area contributed by atoms with Crippen LogP contribution in [-0.4, -0.2) is 67.1 Å². The number of ether oxygens (including phenoxy) is 1. The van der Waals surface area contributed by atoms with Crippen LogP contribution >= 0.6 is 11.8 Å². The Hall–Kier alpha value is -1.66. The summed E-state index contributed by atoms with van der Waals surface area (Å²) in [6.45, 7) is 1.13. The highest BCUT2D eigenvalue weighted by Crippen LogP contribution is 2.41. The molecule has 134 valence electrons. The quantitative estimate of drug-likeness (QED) is 0.351. The third-order valence-electron chi connectivity index (χ3n) is 3.64. The molecule has 7 N–H and O–H groups in total. The molecule has 0 aromatic carbocycles. The molecule has 1 aromatic heterocycles. The van der Waals surface area contributed by atoms with Crippen molar-refractivity contribution in [3.63, 3.8) is 0 Å². The molecule has 1 aliphatic rings. The summed E-state index contributed by atoms with van der Waals surface area (Å²) in [5.41, 5.74) is 10.2. The Labute approximate surface area is 141 Å². The van der Waals surface area contributed by atoms with E-state index in [1.54, 1.807) is 0 Å². The van der Waals surface area contributed by atoms with Gasteiger partial charge in [0.25, 0.3) is 0 Å². The fourth-order valence-electron chi connectivity index (χ4n) is 2.17. The van der Waals surface area contributed by atoms with Gasteiger partial charge < -0.3 is 31.5 Å². The number of nitrogens with two attached hydrogens (primary N) is 2. The third kappa shape index (κ3) is 3.87. The summed E-state index contributed by atoms with van der Waals surface area (Å²) in [6, 6.07) is 0.203. The molecular formula is C13H20N4O6S. The topological polar surface area (TPSA) is 174 Å². The number of esters is 1. The van der Waals surface area contributed by atoms with E-state index >= 15 is 0 Å². The summed E-state index contributed by atoms with van der Waals surface area (Å²) in [5.74, 6) is -0.770. The van der Waals surface area contributed by atoms with Gasteiger partial charge in [-0.2, -0.15) is 4.98 Å². The minimum absolute atomic E-state index is 0.0480. The largest absolute Gasteiger partial charge is 0.463 e. The molecule has 0 saturated carbocycles. The van der Waals surface area contributed by atoms with Crippen LogP contribution in [0.4, 0.5) is 5.82 Å². The lowest BCUT2D eigenvalue weighted by Crippen LogP contribution is -2.43. The zero-order chi connectivity index (χ0) is 18.0. The highest BCUT2D eigenvalue weighted by molar-refractivity contribution is 8.00. The van der Waals surface area contributed by atoms with Gasteiger partial charge in [-0.15, -0.1) is 11.8 Å². The van der Waals surface area contributed by atoms with Crippen molar-refractivity contribution in [1.82, 2.24) is 9.55 Å². The molecule has 0 radical (unpaired) electrons. The summed E-state index contributed by atoms with van der Waals surface area (Å²) < 4.78 is 6.11. The SMILES string of the molecule is CC(O)[C@H](N)C(=O)OC[C@H]1S[C@@H](n2ccc(N)nc2=O)C(O)C1O. The van der Waals surface area contributed by atoms with Crippen molar-refractivity contribution in [1.29, 1.82) is 0 Å². The molecule has 6 atom stereocenters.